The molecule has 0 saturated carbocycles. The number of rotatable bonds is 8. The summed E-state index contributed by atoms with van der Waals surface area (Å²) in [7, 11) is 0. The molecule has 7 nitrogen and oxygen atoms in total. The molecule has 2 aromatic rings. The van der Waals surface area contributed by atoms with Gasteiger partial charge < -0.3 is 0 Å². The van der Waals surface area contributed by atoms with Crippen molar-refractivity contribution in [3.8, 4) is 0 Å². The van der Waals surface area contributed by atoms with Gasteiger partial charge >= 0.3 is 0 Å². The molecular weight excluding hydrogens is 340 g/mol. The van der Waals surface area contributed by atoms with Crippen molar-refractivity contribution in [2.24, 2.45) is 5.10 Å². The van der Waals surface area contributed by atoms with Crippen molar-refractivity contribution >= 4 is 23.7 Å². The first-order valence-electron chi connectivity index (χ1n) is 7.18. The molecule has 1 heterocycles. The van der Waals surface area contributed by atoms with E-state index in [1.165, 1.54) is 42.2 Å². The van der Waals surface area contributed by atoms with Crippen LogP contribution in [0.25, 0.3) is 0 Å². The smallest absolute Gasteiger partial charge is 0.258 e. The van der Waals surface area contributed by atoms with Gasteiger partial charge in [-0.15, -0.1) is 10.2 Å². The van der Waals surface area contributed by atoms with Gasteiger partial charge in [-0.3, -0.25) is 10.1 Å². The molecule has 0 unspecified atom stereocenters. The Morgan fingerprint density at radius 2 is 2.08 bits per heavy atom. The van der Waals surface area contributed by atoms with Gasteiger partial charge in [-0.1, -0.05) is 25.1 Å². The summed E-state index contributed by atoms with van der Waals surface area (Å²) in [6, 6.07) is 5.60. The second-order valence-corrected chi connectivity index (χ2v) is 5.81. The Labute approximate surface area is 140 Å². The van der Waals surface area contributed by atoms with Gasteiger partial charge in [0, 0.05) is 17.9 Å². The third kappa shape index (κ3) is 4.57. The quantitative estimate of drug-likeness (QED) is 0.236. The molecule has 24 heavy (non-hydrogen) atoms. The molecule has 1 aromatic carbocycles. The van der Waals surface area contributed by atoms with E-state index in [1.54, 1.807) is 0 Å². The topological polar surface area (TPSA) is 86.2 Å². The van der Waals surface area contributed by atoms with Crippen LogP contribution in [0.3, 0.4) is 0 Å². The zero-order chi connectivity index (χ0) is 17.5. The fourth-order valence-corrected chi connectivity index (χ4v) is 2.70. The number of hydrogen-bond acceptors (Lipinski definition) is 6. The maximum atomic E-state index is 13.0. The van der Waals surface area contributed by atoms with Crippen LogP contribution in [0.2, 0.25) is 0 Å². The summed E-state index contributed by atoms with van der Waals surface area (Å²) in [6.45, 7) is 2.03. The van der Waals surface area contributed by atoms with Gasteiger partial charge in [0.1, 0.15) is 0 Å². The van der Waals surface area contributed by atoms with E-state index in [4.69, 9.17) is 0 Å². The first kappa shape index (κ1) is 18.0. The number of nitrogens with zero attached hydrogens (tertiary/aromatic N) is 5. The van der Waals surface area contributed by atoms with E-state index in [2.05, 4.69) is 15.3 Å². The zero-order valence-corrected chi connectivity index (χ0v) is 13.6. The lowest BCUT2D eigenvalue weighted by molar-refractivity contribution is -0.384. The highest BCUT2D eigenvalue weighted by atomic mass is 32.2. The summed E-state index contributed by atoms with van der Waals surface area (Å²) >= 11 is 1.30. The van der Waals surface area contributed by atoms with Gasteiger partial charge in [-0.25, -0.2) is 8.78 Å². The Morgan fingerprint density at radius 1 is 1.38 bits per heavy atom. The van der Waals surface area contributed by atoms with Crippen LogP contribution in [0, 0.1) is 10.1 Å². The van der Waals surface area contributed by atoms with Crippen molar-refractivity contribution in [1.82, 2.24) is 14.9 Å². The van der Waals surface area contributed by atoms with Crippen molar-refractivity contribution in [2.75, 3.05) is 5.75 Å². The van der Waals surface area contributed by atoms with E-state index < -0.39 is 17.2 Å². The molecule has 10 heteroatoms. The minimum Gasteiger partial charge on any atom is -0.258 e. The molecular formula is C14H15F2N5O2S. The Bertz CT molecular complexity index is 718. The summed E-state index contributed by atoms with van der Waals surface area (Å²) in [5, 5.41) is 22.1. The van der Waals surface area contributed by atoms with Gasteiger partial charge in [-0.2, -0.15) is 9.78 Å². The molecule has 0 aliphatic heterocycles. The molecule has 0 fully saturated rings. The summed E-state index contributed by atoms with van der Waals surface area (Å²) in [6.07, 6.45) is 0.442. The number of unbranched alkanes of at least 4 members (excludes halogenated alkanes) is 1. The molecule has 0 spiro atoms. The minimum absolute atomic E-state index is 0.0551. The lowest BCUT2D eigenvalue weighted by Crippen LogP contribution is -2.01. The summed E-state index contributed by atoms with van der Waals surface area (Å²) in [4.78, 5) is 10.1. The molecule has 0 aliphatic carbocycles. The van der Waals surface area contributed by atoms with Gasteiger partial charge in [0.25, 0.3) is 12.1 Å². The van der Waals surface area contributed by atoms with E-state index >= 15 is 0 Å². The molecule has 0 bridgehead atoms. The van der Waals surface area contributed by atoms with Gasteiger partial charge in [-0.05, 0) is 24.1 Å². The fraction of sp³-hybridized carbons (Fsp3) is 0.357. The predicted molar refractivity (Wildman–Crippen MR) is 86.7 cm³/mol. The van der Waals surface area contributed by atoms with Gasteiger partial charge in [0.2, 0.25) is 11.0 Å². The normalized spacial score (nSPS) is 11.5. The third-order valence-corrected chi connectivity index (χ3v) is 3.99. The van der Waals surface area contributed by atoms with Gasteiger partial charge in [0.15, 0.2) is 0 Å². The van der Waals surface area contributed by atoms with Crippen molar-refractivity contribution in [3.05, 3.63) is 45.8 Å². The van der Waals surface area contributed by atoms with Crippen LogP contribution in [-0.2, 0) is 0 Å². The highest BCUT2D eigenvalue weighted by Gasteiger charge is 2.20. The van der Waals surface area contributed by atoms with E-state index in [0.29, 0.717) is 5.56 Å². The Morgan fingerprint density at radius 3 is 2.67 bits per heavy atom. The zero-order valence-electron chi connectivity index (χ0n) is 12.8. The van der Waals surface area contributed by atoms with Crippen LogP contribution in [0.1, 0.15) is 37.6 Å². The Kier molecular flexibility index (Phi) is 6.36. The van der Waals surface area contributed by atoms with E-state index in [9.17, 15) is 18.9 Å². The minimum atomic E-state index is -2.80. The Hall–Kier alpha value is -2.36. The van der Waals surface area contributed by atoms with Crippen molar-refractivity contribution in [1.29, 1.82) is 0 Å². The average molecular weight is 355 g/mol. The van der Waals surface area contributed by atoms with Crippen molar-refractivity contribution < 1.29 is 13.7 Å². The number of nitro benzene ring substituents is 1. The summed E-state index contributed by atoms with van der Waals surface area (Å²) in [5.41, 5.74) is 0.486. The van der Waals surface area contributed by atoms with Crippen molar-refractivity contribution in [3.63, 3.8) is 0 Å². The SMILES string of the molecule is CCCCSc1nnc(C(F)F)n1/N=C\c1ccc([N+](=O)[O-])cc1. The highest BCUT2D eigenvalue weighted by molar-refractivity contribution is 7.99. The third-order valence-electron chi connectivity index (χ3n) is 2.99. The van der Waals surface area contributed by atoms with Crippen LogP contribution in [0.15, 0.2) is 34.5 Å². The monoisotopic (exact) mass is 355 g/mol. The van der Waals surface area contributed by atoms with Gasteiger partial charge in [0.05, 0.1) is 11.1 Å². The molecule has 0 N–H and O–H groups in total. The number of hydrogen-bond donors (Lipinski definition) is 0. The summed E-state index contributed by atoms with van der Waals surface area (Å²) < 4.78 is 27.0. The number of alkyl halides is 2. The van der Waals surface area contributed by atoms with Crippen LogP contribution in [0.5, 0.6) is 0 Å². The maximum Gasteiger partial charge on any atom is 0.299 e. The predicted octanol–water partition coefficient (Wildman–Crippen LogP) is 3.90. The van der Waals surface area contributed by atoms with E-state index in [0.717, 1.165) is 23.3 Å². The lowest BCUT2D eigenvalue weighted by atomic mass is 10.2. The molecule has 128 valence electrons. The number of nitro groups is 1. The number of thioether (sulfide) groups is 1. The maximum absolute atomic E-state index is 13.0. The fourth-order valence-electron chi connectivity index (χ4n) is 1.73. The number of halogens is 2. The largest absolute Gasteiger partial charge is 0.299 e. The first-order chi connectivity index (χ1) is 11.5. The molecule has 1 aromatic heterocycles. The Balaban J connectivity index is 2.22. The van der Waals surface area contributed by atoms with E-state index in [1.807, 2.05) is 6.92 Å². The molecule has 0 saturated heterocycles. The lowest BCUT2D eigenvalue weighted by Gasteiger charge is -2.03. The average Bonchev–Trinajstić information content (AvgIpc) is 2.96. The van der Waals surface area contributed by atoms with Crippen LogP contribution < -0.4 is 0 Å². The molecule has 0 aliphatic rings. The van der Waals surface area contributed by atoms with Crippen LogP contribution >= 0.6 is 11.8 Å². The number of aromatic nitrogens is 3. The van der Waals surface area contributed by atoms with Crippen LogP contribution in [0.4, 0.5) is 14.5 Å². The number of benzene rings is 1. The van der Waals surface area contributed by atoms with Crippen molar-refractivity contribution in [2.45, 2.75) is 31.3 Å². The standard InChI is InChI=1S/C14H15F2N5O2S/c1-2-3-8-24-14-19-18-13(12(15)16)20(14)17-9-10-4-6-11(7-5-10)21(22)23/h4-7,9,12H,2-3,8H2,1H3/b17-9-. The highest BCUT2D eigenvalue weighted by Crippen LogP contribution is 2.24. The second-order valence-electron chi connectivity index (χ2n) is 4.75. The summed E-state index contributed by atoms with van der Waals surface area (Å²) in [5.74, 6) is 0.192. The number of non-ortho nitro benzene ring substituents is 1. The van der Waals surface area contributed by atoms with Crippen LogP contribution in [-0.4, -0.2) is 31.8 Å². The first-order valence-corrected chi connectivity index (χ1v) is 8.16. The molecule has 2 rings (SSSR count). The molecule has 0 radical (unpaired) electrons. The van der Waals surface area contributed by atoms with E-state index in [-0.39, 0.29) is 10.8 Å². The second kappa shape index (κ2) is 8.48. The molecule has 0 amide bonds. The molecule has 0 atom stereocenters.